The van der Waals surface area contributed by atoms with Crippen LogP contribution in [0.15, 0.2) is 6.33 Å². The van der Waals surface area contributed by atoms with Crippen LogP contribution in [-0.2, 0) is 9.16 Å². The second-order valence-corrected chi connectivity index (χ2v) is 19.6. The number of aromatic nitrogens is 4. The number of alkyl halides is 1. The van der Waals surface area contributed by atoms with Gasteiger partial charge in [0.2, 0.25) is 0 Å². The largest absolute Gasteiger partial charge is 0.559 e. The second kappa shape index (κ2) is 10.4. The molecule has 11 heteroatoms. The van der Waals surface area contributed by atoms with E-state index >= 15 is 0 Å². The Balaban J connectivity index is 1.32. The maximum absolute atomic E-state index is 14.4. The highest BCUT2D eigenvalue weighted by Crippen LogP contribution is 2.44. The topological polar surface area (TPSA) is 77.8 Å². The SMILES string of the molecule is COC1CC(n2cnc3nc(OC[C@@]45CCCN4C[C@H](F)C5)nc(N4CCC[C@@](C)(O[Si-](C)(C)C(C)(C)C)C4)c32)C1. The maximum atomic E-state index is 14.4. The Morgan fingerprint density at radius 1 is 1.12 bits per heavy atom. The lowest BCUT2D eigenvalue weighted by Crippen LogP contribution is -2.55. The molecule has 3 saturated heterocycles. The summed E-state index contributed by atoms with van der Waals surface area (Å²) in [5.74, 6) is 0.865. The van der Waals surface area contributed by atoms with Crippen molar-refractivity contribution in [2.24, 2.45) is 0 Å². The summed E-state index contributed by atoms with van der Waals surface area (Å²) in [5.41, 5.74) is 1.09. The van der Waals surface area contributed by atoms with Gasteiger partial charge >= 0.3 is 6.01 Å². The van der Waals surface area contributed by atoms with Gasteiger partial charge in [-0.2, -0.15) is 9.97 Å². The lowest BCUT2D eigenvalue weighted by molar-refractivity contribution is 0.00732. The van der Waals surface area contributed by atoms with Crippen molar-refractivity contribution >= 4 is 25.3 Å². The summed E-state index contributed by atoms with van der Waals surface area (Å²) in [6.45, 7) is 17.3. The zero-order chi connectivity index (χ0) is 29.2. The van der Waals surface area contributed by atoms with Gasteiger partial charge in [-0.05, 0) is 60.3 Å². The summed E-state index contributed by atoms with van der Waals surface area (Å²) in [6, 6.07) is 0.645. The van der Waals surface area contributed by atoms with Crippen molar-refractivity contribution in [3.63, 3.8) is 0 Å². The molecule has 1 saturated carbocycles. The van der Waals surface area contributed by atoms with Crippen LogP contribution in [0.25, 0.3) is 11.2 Å². The number of hydrogen-bond acceptors (Lipinski definition) is 8. The summed E-state index contributed by atoms with van der Waals surface area (Å²) in [7, 11) is -0.202. The van der Waals surface area contributed by atoms with E-state index in [0.29, 0.717) is 37.3 Å². The molecule has 5 heterocycles. The van der Waals surface area contributed by atoms with E-state index in [9.17, 15) is 4.39 Å². The highest BCUT2D eigenvalue weighted by atomic mass is 28.4. The van der Waals surface area contributed by atoms with Gasteiger partial charge in [0.15, 0.2) is 11.5 Å². The molecule has 3 aliphatic heterocycles. The molecule has 9 nitrogen and oxygen atoms in total. The molecule has 3 atom stereocenters. The third-order valence-corrected chi connectivity index (χ3v) is 15.3. The minimum Gasteiger partial charge on any atom is -0.559 e. The van der Waals surface area contributed by atoms with Crippen LogP contribution in [0.1, 0.15) is 78.7 Å². The summed E-state index contributed by atoms with van der Waals surface area (Å²) < 4.78 is 35.6. The van der Waals surface area contributed by atoms with Gasteiger partial charge in [0.05, 0.1) is 18.0 Å². The average molecular weight is 589 g/mol. The van der Waals surface area contributed by atoms with Crippen molar-refractivity contribution < 1.29 is 18.3 Å². The molecule has 4 fully saturated rings. The molecule has 1 aliphatic carbocycles. The number of ether oxygens (including phenoxy) is 2. The number of rotatable bonds is 8. The van der Waals surface area contributed by atoms with Crippen molar-refractivity contribution in [2.75, 3.05) is 44.8 Å². The standard InChI is InChI=1S/C30H49FN6O3Si/c1-28(2,3)41(6,7)40-29(4)10-8-12-35(18-29)26-24-25(32-20-37(24)22-14-23(15-22)38-5)33-27(34-26)39-19-30-11-9-13-36(30)17-21(31)16-30/h20-23H,8-19H2,1-7H3/q-1/t21-,22?,23?,29-,30+/m1/s1. The van der Waals surface area contributed by atoms with Crippen LogP contribution >= 0.6 is 0 Å². The Labute approximate surface area is 245 Å². The highest BCUT2D eigenvalue weighted by Gasteiger charge is 2.49. The van der Waals surface area contributed by atoms with Crippen molar-refractivity contribution in [2.45, 2.75) is 120 Å². The normalized spacial score (nSPS) is 32.9. The maximum Gasteiger partial charge on any atom is 0.320 e. The average Bonchev–Trinajstić information content (AvgIpc) is 3.52. The van der Waals surface area contributed by atoms with Gasteiger partial charge in [-0.25, -0.2) is 9.37 Å². The number of hydrogen-bond donors (Lipinski definition) is 0. The Kier molecular flexibility index (Phi) is 7.43. The van der Waals surface area contributed by atoms with E-state index in [-0.39, 0.29) is 22.3 Å². The highest BCUT2D eigenvalue weighted by molar-refractivity contribution is 6.74. The van der Waals surface area contributed by atoms with Gasteiger partial charge in [0.25, 0.3) is 0 Å². The number of halogens is 1. The van der Waals surface area contributed by atoms with E-state index in [0.717, 1.165) is 69.5 Å². The molecule has 229 valence electrons. The van der Waals surface area contributed by atoms with Crippen LogP contribution in [0.3, 0.4) is 0 Å². The smallest absolute Gasteiger partial charge is 0.320 e. The number of fused-ring (bicyclic) bond motifs is 2. The zero-order valence-corrected chi connectivity index (χ0v) is 27.1. The quantitative estimate of drug-likeness (QED) is 0.374. The first-order valence-electron chi connectivity index (χ1n) is 15.6. The Morgan fingerprint density at radius 3 is 2.61 bits per heavy atom. The molecule has 4 aliphatic rings. The molecule has 0 bridgehead atoms. The second-order valence-electron chi connectivity index (χ2n) is 14.8. The zero-order valence-electron chi connectivity index (χ0n) is 26.1. The van der Waals surface area contributed by atoms with E-state index in [1.54, 1.807) is 7.11 Å². The van der Waals surface area contributed by atoms with Crippen molar-refractivity contribution in [3.05, 3.63) is 6.33 Å². The number of piperidine rings is 1. The van der Waals surface area contributed by atoms with Gasteiger partial charge in [0, 0.05) is 44.8 Å². The number of imidazole rings is 1. The van der Waals surface area contributed by atoms with Crippen LogP contribution in [-0.4, -0.2) is 96.0 Å². The molecular weight excluding hydrogens is 539 g/mol. The summed E-state index contributed by atoms with van der Waals surface area (Å²) >= 11 is 0. The van der Waals surface area contributed by atoms with Crippen molar-refractivity contribution in [3.8, 4) is 6.01 Å². The van der Waals surface area contributed by atoms with Crippen LogP contribution in [0, 0.1) is 0 Å². The van der Waals surface area contributed by atoms with Gasteiger partial charge in [-0.15, -0.1) is 18.1 Å². The summed E-state index contributed by atoms with van der Waals surface area (Å²) in [6.07, 6.45) is 7.89. The minimum atomic E-state index is -1.98. The first-order chi connectivity index (χ1) is 19.3. The molecule has 0 aromatic carbocycles. The molecular formula is C30H49FN6O3Si-. The molecule has 0 radical (unpaired) electrons. The van der Waals surface area contributed by atoms with E-state index in [1.165, 1.54) is 0 Å². The monoisotopic (exact) mass is 588 g/mol. The van der Waals surface area contributed by atoms with E-state index in [1.807, 2.05) is 6.33 Å². The van der Waals surface area contributed by atoms with E-state index < -0.39 is 14.5 Å². The van der Waals surface area contributed by atoms with Crippen LogP contribution in [0.4, 0.5) is 10.2 Å². The molecule has 0 spiro atoms. The fourth-order valence-electron chi connectivity index (χ4n) is 7.31. The molecule has 0 N–H and O–H groups in total. The lowest BCUT2D eigenvalue weighted by atomic mass is 9.89. The predicted molar refractivity (Wildman–Crippen MR) is 161 cm³/mol. The first kappa shape index (κ1) is 29.3. The molecule has 2 aromatic heterocycles. The number of methoxy groups -OCH3 is 1. The van der Waals surface area contributed by atoms with Gasteiger partial charge in [-0.1, -0.05) is 20.8 Å². The Bertz CT molecular complexity index is 1260. The third-order valence-electron chi connectivity index (χ3n) is 10.7. The number of anilines is 1. The van der Waals surface area contributed by atoms with E-state index in [2.05, 4.69) is 55.2 Å². The Morgan fingerprint density at radius 2 is 1.88 bits per heavy atom. The molecule has 0 unspecified atom stereocenters. The Hall–Kier alpha value is -1.82. The predicted octanol–water partition coefficient (Wildman–Crippen LogP) is 5.51. The van der Waals surface area contributed by atoms with Crippen LogP contribution in [0.5, 0.6) is 6.01 Å². The molecule has 41 heavy (non-hydrogen) atoms. The van der Waals surface area contributed by atoms with Crippen LogP contribution < -0.4 is 9.64 Å². The molecule has 2 aromatic rings. The first-order valence-corrected chi connectivity index (χ1v) is 18.5. The van der Waals surface area contributed by atoms with Crippen molar-refractivity contribution in [1.82, 2.24) is 24.4 Å². The summed E-state index contributed by atoms with van der Waals surface area (Å²) in [5, 5.41) is 0.134. The lowest BCUT2D eigenvalue weighted by Gasteiger charge is -2.56. The van der Waals surface area contributed by atoms with Gasteiger partial charge in [-0.3, -0.25) is 4.90 Å². The van der Waals surface area contributed by atoms with Gasteiger partial charge < -0.3 is 23.4 Å². The minimum absolute atomic E-state index is 0.134. The van der Waals surface area contributed by atoms with E-state index in [4.69, 9.17) is 28.9 Å². The number of nitrogens with zero attached hydrogens (tertiary/aromatic N) is 6. The van der Waals surface area contributed by atoms with Crippen molar-refractivity contribution in [1.29, 1.82) is 0 Å². The third kappa shape index (κ3) is 5.40. The summed E-state index contributed by atoms with van der Waals surface area (Å²) in [4.78, 5) is 19.2. The molecule has 6 rings (SSSR count). The van der Waals surface area contributed by atoms with Crippen LogP contribution in [0.2, 0.25) is 18.1 Å². The fourth-order valence-corrected chi connectivity index (χ4v) is 9.02. The molecule has 0 amide bonds. The fraction of sp³-hybridized carbons (Fsp3) is 0.833. The van der Waals surface area contributed by atoms with Gasteiger partial charge in [0.1, 0.15) is 18.3 Å².